The van der Waals surface area contributed by atoms with Gasteiger partial charge in [-0.25, -0.2) is 0 Å². The molecule has 19 heavy (non-hydrogen) atoms. The zero-order valence-electron chi connectivity index (χ0n) is 12.3. The molecule has 0 aliphatic carbocycles. The third kappa shape index (κ3) is 6.36. The summed E-state index contributed by atoms with van der Waals surface area (Å²) < 4.78 is 10.3. The Kier molecular flexibility index (Phi) is 8.79. The number of ether oxygens (including phenoxy) is 2. The minimum absolute atomic E-state index is 0.228. The van der Waals surface area contributed by atoms with Gasteiger partial charge in [-0.3, -0.25) is 4.79 Å². The Labute approximate surface area is 116 Å². The largest absolute Gasteiger partial charge is 0.382 e. The molecular weight excluding hydrogens is 244 g/mol. The molecule has 1 rings (SSSR count). The van der Waals surface area contributed by atoms with Crippen molar-refractivity contribution in [3.05, 3.63) is 0 Å². The first-order chi connectivity index (χ1) is 9.29. The number of hydrogen-bond donors (Lipinski definition) is 1. The summed E-state index contributed by atoms with van der Waals surface area (Å²) in [7, 11) is 1.65. The van der Waals surface area contributed by atoms with Crippen molar-refractivity contribution in [2.75, 3.05) is 46.6 Å². The molecule has 1 heterocycles. The van der Waals surface area contributed by atoms with E-state index >= 15 is 0 Å². The minimum Gasteiger partial charge on any atom is -0.382 e. The van der Waals surface area contributed by atoms with Gasteiger partial charge in [0.25, 0.3) is 0 Å². The number of rotatable bonds is 9. The van der Waals surface area contributed by atoms with Crippen molar-refractivity contribution in [1.82, 2.24) is 10.2 Å². The van der Waals surface area contributed by atoms with Gasteiger partial charge in [0, 0.05) is 19.7 Å². The quantitative estimate of drug-likeness (QED) is 0.637. The fraction of sp³-hybridized carbons (Fsp3) is 0.929. The highest BCUT2D eigenvalue weighted by atomic mass is 16.5. The molecule has 0 radical (unpaired) electrons. The van der Waals surface area contributed by atoms with Gasteiger partial charge in [0.05, 0.1) is 26.2 Å². The Morgan fingerprint density at radius 3 is 2.63 bits per heavy atom. The van der Waals surface area contributed by atoms with E-state index in [0.29, 0.717) is 32.3 Å². The van der Waals surface area contributed by atoms with Crippen molar-refractivity contribution >= 4 is 5.91 Å². The van der Waals surface area contributed by atoms with Gasteiger partial charge in [0.1, 0.15) is 0 Å². The Bertz CT molecular complexity index is 243. The molecule has 1 amide bonds. The molecule has 5 nitrogen and oxygen atoms in total. The predicted molar refractivity (Wildman–Crippen MR) is 75.2 cm³/mol. The van der Waals surface area contributed by atoms with Crippen LogP contribution in [0.3, 0.4) is 0 Å². The van der Waals surface area contributed by atoms with Crippen LogP contribution >= 0.6 is 0 Å². The molecule has 0 unspecified atom stereocenters. The third-order valence-electron chi connectivity index (χ3n) is 3.43. The summed E-state index contributed by atoms with van der Waals surface area (Å²) in [6.07, 6.45) is 3.63. The van der Waals surface area contributed by atoms with Crippen molar-refractivity contribution < 1.29 is 14.3 Å². The molecule has 0 bridgehead atoms. The molecule has 0 aromatic heterocycles. The van der Waals surface area contributed by atoms with Crippen LogP contribution in [0.15, 0.2) is 0 Å². The van der Waals surface area contributed by atoms with Gasteiger partial charge >= 0.3 is 0 Å². The van der Waals surface area contributed by atoms with Crippen LogP contribution in [-0.2, 0) is 14.3 Å². The van der Waals surface area contributed by atoms with Gasteiger partial charge in [-0.1, -0.05) is 6.92 Å². The number of nitrogens with zero attached hydrogens (tertiary/aromatic N) is 1. The first kappa shape index (κ1) is 16.4. The van der Waals surface area contributed by atoms with E-state index < -0.39 is 0 Å². The molecular formula is C14H28N2O3. The Hall–Kier alpha value is -0.650. The predicted octanol–water partition coefficient (Wildman–Crippen LogP) is 1.03. The van der Waals surface area contributed by atoms with Crippen LogP contribution in [0.1, 0.15) is 32.6 Å². The summed E-state index contributed by atoms with van der Waals surface area (Å²) in [5.41, 5.74) is 0. The number of piperidine rings is 1. The first-order valence-corrected chi connectivity index (χ1v) is 7.36. The molecule has 0 aromatic carbocycles. The third-order valence-corrected chi connectivity index (χ3v) is 3.43. The number of amides is 1. The molecule has 0 aromatic rings. The maximum atomic E-state index is 12.3. The van der Waals surface area contributed by atoms with Gasteiger partial charge in [-0.15, -0.1) is 0 Å². The highest BCUT2D eigenvalue weighted by Gasteiger charge is 2.24. The average Bonchev–Trinajstić information content (AvgIpc) is 2.45. The topological polar surface area (TPSA) is 50.8 Å². The van der Waals surface area contributed by atoms with Crippen LogP contribution in [0.25, 0.3) is 0 Å². The lowest BCUT2D eigenvalue weighted by molar-refractivity contribution is -0.135. The summed E-state index contributed by atoms with van der Waals surface area (Å²) in [6, 6.07) is 0.410. The summed E-state index contributed by atoms with van der Waals surface area (Å²) >= 11 is 0. The van der Waals surface area contributed by atoms with Crippen molar-refractivity contribution in [1.29, 1.82) is 0 Å². The van der Waals surface area contributed by atoms with Crippen LogP contribution < -0.4 is 5.32 Å². The second kappa shape index (κ2) is 10.2. The Morgan fingerprint density at radius 1 is 1.26 bits per heavy atom. The second-order valence-electron chi connectivity index (χ2n) is 4.92. The van der Waals surface area contributed by atoms with Crippen molar-refractivity contribution in [2.45, 2.75) is 38.6 Å². The van der Waals surface area contributed by atoms with E-state index in [-0.39, 0.29) is 5.91 Å². The lowest BCUT2D eigenvalue weighted by Gasteiger charge is -2.34. The lowest BCUT2D eigenvalue weighted by Crippen LogP contribution is -2.46. The summed E-state index contributed by atoms with van der Waals surface area (Å²) in [5.74, 6) is 0.228. The standard InChI is InChI=1S/C14H28N2O3/c1-3-9-16(13-4-7-15-8-5-13)14(17)6-10-19-12-11-18-2/h13,15H,3-12H2,1-2H3. The molecule has 5 heteroatoms. The molecule has 1 saturated heterocycles. The van der Waals surface area contributed by atoms with Gasteiger partial charge in [0.2, 0.25) is 5.91 Å². The van der Waals surface area contributed by atoms with Gasteiger partial charge in [-0.2, -0.15) is 0 Å². The fourth-order valence-electron chi connectivity index (χ4n) is 2.42. The fourth-order valence-corrected chi connectivity index (χ4v) is 2.42. The molecule has 0 saturated carbocycles. The van der Waals surface area contributed by atoms with E-state index in [1.807, 2.05) is 0 Å². The Balaban J connectivity index is 2.30. The van der Waals surface area contributed by atoms with Gasteiger partial charge < -0.3 is 19.7 Å². The molecule has 1 aliphatic heterocycles. The van der Waals surface area contributed by atoms with Crippen LogP contribution in [0.5, 0.6) is 0 Å². The monoisotopic (exact) mass is 272 g/mol. The van der Waals surface area contributed by atoms with Crippen molar-refractivity contribution in [3.8, 4) is 0 Å². The van der Waals surface area contributed by atoms with Crippen LogP contribution in [-0.4, -0.2) is 63.4 Å². The number of nitrogens with one attached hydrogen (secondary N) is 1. The van der Waals surface area contributed by atoms with E-state index in [4.69, 9.17) is 9.47 Å². The summed E-state index contributed by atoms with van der Waals surface area (Å²) in [6.45, 7) is 6.66. The molecule has 0 spiro atoms. The molecule has 1 fully saturated rings. The zero-order valence-corrected chi connectivity index (χ0v) is 12.3. The molecule has 112 valence electrons. The van der Waals surface area contributed by atoms with E-state index in [2.05, 4.69) is 17.1 Å². The number of carbonyl (C=O) groups excluding carboxylic acids is 1. The number of methoxy groups -OCH3 is 1. The maximum absolute atomic E-state index is 12.3. The highest BCUT2D eigenvalue weighted by Crippen LogP contribution is 2.13. The zero-order chi connectivity index (χ0) is 13.9. The van der Waals surface area contributed by atoms with Gasteiger partial charge in [0.15, 0.2) is 0 Å². The highest BCUT2D eigenvalue weighted by molar-refractivity contribution is 5.76. The summed E-state index contributed by atoms with van der Waals surface area (Å²) in [5, 5.41) is 3.34. The SMILES string of the molecule is CCCN(C(=O)CCOCCOC)C1CCNCC1. The lowest BCUT2D eigenvalue weighted by atomic mass is 10.0. The summed E-state index contributed by atoms with van der Waals surface area (Å²) in [4.78, 5) is 14.3. The van der Waals surface area contributed by atoms with E-state index in [9.17, 15) is 4.79 Å². The smallest absolute Gasteiger partial charge is 0.225 e. The average molecular weight is 272 g/mol. The minimum atomic E-state index is 0.228. The Morgan fingerprint density at radius 2 is 2.00 bits per heavy atom. The number of hydrogen-bond acceptors (Lipinski definition) is 4. The molecule has 1 aliphatic rings. The van der Waals surface area contributed by atoms with E-state index in [0.717, 1.165) is 38.9 Å². The number of carbonyl (C=O) groups is 1. The van der Waals surface area contributed by atoms with Crippen LogP contribution in [0.2, 0.25) is 0 Å². The van der Waals surface area contributed by atoms with Crippen LogP contribution in [0.4, 0.5) is 0 Å². The van der Waals surface area contributed by atoms with Crippen LogP contribution in [0, 0.1) is 0 Å². The maximum Gasteiger partial charge on any atom is 0.225 e. The second-order valence-corrected chi connectivity index (χ2v) is 4.92. The van der Waals surface area contributed by atoms with Gasteiger partial charge in [-0.05, 0) is 32.4 Å². The first-order valence-electron chi connectivity index (χ1n) is 7.36. The normalized spacial score (nSPS) is 16.5. The van der Waals surface area contributed by atoms with Crippen molar-refractivity contribution in [3.63, 3.8) is 0 Å². The van der Waals surface area contributed by atoms with E-state index in [1.54, 1.807) is 7.11 Å². The molecule has 0 atom stereocenters. The van der Waals surface area contributed by atoms with Crippen molar-refractivity contribution in [2.24, 2.45) is 0 Å². The van der Waals surface area contributed by atoms with E-state index in [1.165, 1.54) is 0 Å². The molecule has 1 N–H and O–H groups in total.